The van der Waals surface area contributed by atoms with Gasteiger partial charge in [-0.05, 0) is 36.2 Å². The van der Waals surface area contributed by atoms with Gasteiger partial charge in [-0.25, -0.2) is 0 Å². The van der Waals surface area contributed by atoms with Gasteiger partial charge in [0.05, 0.1) is 0 Å². The number of benzene rings is 1. The van der Waals surface area contributed by atoms with Crippen LogP contribution in [0.1, 0.15) is 15.9 Å². The summed E-state index contributed by atoms with van der Waals surface area (Å²) in [5, 5.41) is 3.62. The third-order valence-electron chi connectivity index (χ3n) is 2.61. The van der Waals surface area contributed by atoms with Crippen molar-refractivity contribution in [3.63, 3.8) is 0 Å². The molecule has 0 aliphatic rings. The van der Waals surface area contributed by atoms with Crippen LogP contribution in [-0.4, -0.2) is 23.4 Å². The number of aryl methyl sites for hydroxylation is 1. The van der Waals surface area contributed by atoms with E-state index in [0.717, 1.165) is 22.8 Å². The number of nitrogens with two attached hydrogens (primary N) is 2. The Morgan fingerprint density at radius 3 is 3.00 bits per heavy atom. The van der Waals surface area contributed by atoms with Crippen LogP contribution in [0.25, 0.3) is 0 Å². The molecule has 5 N–H and O–H groups in total. The van der Waals surface area contributed by atoms with E-state index in [2.05, 4.69) is 9.69 Å². The topological polar surface area (TPSA) is 103 Å². The number of rotatable bonds is 6. The van der Waals surface area contributed by atoms with Crippen LogP contribution in [0.4, 0.5) is 10.8 Å². The molecule has 106 valence electrons. The minimum absolute atomic E-state index is 0.157. The molecule has 7 heteroatoms. The molecule has 20 heavy (non-hydrogen) atoms. The van der Waals surface area contributed by atoms with E-state index in [1.165, 1.54) is 0 Å². The molecule has 0 saturated heterocycles. The molecule has 0 bridgehead atoms. The predicted octanol–water partition coefficient (Wildman–Crippen LogP) is 1.62. The number of aromatic nitrogens is 1. The Hall–Kier alpha value is -2.28. The van der Waals surface area contributed by atoms with Crippen LogP contribution >= 0.6 is 11.5 Å². The summed E-state index contributed by atoms with van der Waals surface area (Å²) in [6, 6.07) is 7.80. The highest BCUT2D eigenvalue weighted by Gasteiger charge is 2.16. The lowest BCUT2D eigenvalue weighted by molar-refractivity contribution is 0.100. The molecule has 0 saturated carbocycles. The van der Waals surface area contributed by atoms with E-state index < -0.39 is 5.91 Å². The Morgan fingerprint density at radius 1 is 1.50 bits per heavy atom. The smallest absolute Gasteiger partial charge is 0.255 e. The Balaban J connectivity index is 1.86. The van der Waals surface area contributed by atoms with Crippen LogP contribution in [0.3, 0.4) is 0 Å². The predicted molar refractivity (Wildman–Crippen MR) is 80.2 cm³/mol. The van der Waals surface area contributed by atoms with Gasteiger partial charge in [-0.2, -0.15) is 4.37 Å². The van der Waals surface area contributed by atoms with Crippen molar-refractivity contribution < 1.29 is 9.53 Å². The number of anilines is 2. The van der Waals surface area contributed by atoms with Crippen LogP contribution in [0.5, 0.6) is 5.75 Å². The number of primary amides is 1. The highest BCUT2D eigenvalue weighted by Crippen LogP contribution is 2.25. The number of nitrogen functional groups attached to an aromatic ring is 1. The molecule has 0 atom stereocenters. The second kappa shape index (κ2) is 6.25. The summed E-state index contributed by atoms with van der Waals surface area (Å²) in [7, 11) is 0. The van der Waals surface area contributed by atoms with E-state index in [-0.39, 0.29) is 11.4 Å². The lowest BCUT2D eigenvalue weighted by atomic mass is 10.2. The molecule has 0 aliphatic carbocycles. The highest BCUT2D eigenvalue weighted by molar-refractivity contribution is 7.11. The standard InChI is InChI=1S/C13H16N4O2S/c1-8-3-2-4-9(7-8)19-6-5-16-13-10(12(15)18)11(14)17-20-13/h2-4,7,16H,5-6H2,1H3,(H2,14,17)(H2,15,18). The SMILES string of the molecule is Cc1cccc(OCCNc2snc(N)c2C(N)=O)c1. The Morgan fingerprint density at radius 2 is 2.30 bits per heavy atom. The number of amides is 1. The summed E-state index contributed by atoms with van der Waals surface area (Å²) in [6.45, 7) is 2.99. The van der Waals surface area contributed by atoms with E-state index >= 15 is 0 Å². The Kier molecular flexibility index (Phi) is 4.41. The van der Waals surface area contributed by atoms with E-state index in [4.69, 9.17) is 16.2 Å². The van der Waals surface area contributed by atoms with E-state index in [1.54, 1.807) is 0 Å². The van der Waals surface area contributed by atoms with Gasteiger partial charge in [0.15, 0.2) is 5.82 Å². The van der Waals surface area contributed by atoms with Gasteiger partial charge in [0.25, 0.3) is 5.91 Å². The third kappa shape index (κ3) is 3.39. The second-order valence-corrected chi connectivity index (χ2v) is 5.00. The molecule has 0 aliphatic heterocycles. The molecule has 2 aromatic rings. The molecule has 1 aromatic carbocycles. The third-order valence-corrected chi connectivity index (χ3v) is 3.43. The second-order valence-electron chi connectivity index (χ2n) is 4.23. The maximum atomic E-state index is 11.2. The van der Waals surface area contributed by atoms with Crippen LogP contribution in [0, 0.1) is 6.92 Å². The minimum atomic E-state index is -0.585. The van der Waals surface area contributed by atoms with Crippen molar-refractivity contribution in [3.05, 3.63) is 35.4 Å². The van der Waals surface area contributed by atoms with Crippen molar-refractivity contribution >= 4 is 28.3 Å². The van der Waals surface area contributed by atoms with Crippen molar-refractivity contribution in [1.82, 2.24) is 4.37 Å². The largest absolute Gasteiger partial charge is 0.492 e. The van der Waals surface area contributed by atoms with Crippen molar-refractivity contribution in [2.45, 2.75) is 6.92 Å². The average Bonchev–Trinajstić information content (AvgIpc) is 2.76. The van der Waals surface area contributed by atoms with Crippen molar-refractivity contribution in [1.29, 1.82) is 0 Å². The van der Waals surface area contributed by atoms with Gasteiger partial charge in [0.2, 0.25) is 0 Å². The zero-order valence-corrected chi connectivity index (χ0v) is 11.9. The normalized spacial score (nSPS) is 10.2. The van der Waals surface area contributed by atoms with Gasteiger partial charge < -0.3 is 21.5 Å². The summed E-state index contributed by atoms with van der Waals surface area (Å²) < 4.78 is 9.49. The van der Waals surface area contributed by atoms with Gasteiger partial charge in [-0.1, -0.05) is 12.1 Å². The lowest BCUT2D eigenvalue weighted by Crippen LogP contribution is -2.17. The van der Waals surface area contributed by atoms with Crippen LogP contribution in [0.2, 0.25) is 0 Å². The molecular formula is C13H16N4O2S. The summed E-state index contributed by atoms with van der Waals surface area (Å²) in [4.78, 5) is 11.2. The van der Waals surface area contributed by atoms with Gasteiger partial charge in [-0.15, -0.1) is 0 Å². The first-order valence-corrected chi connectivity index (χ1v) is 6.83. The molecule has 1 aromatic heterocycles. The molecule has 0 fully saturated rings. The summed E-state index contributed by atoms with van der Waals surface area (Å²) in [5.74, 6) is 0.383. The highest BCUT2D eigenvalue weighted by atomic mass is 32.1. The first-order valence-electron chi connectivity index (χ1n) is 6.06. The molecule has 0 spiro atoms. The van der Waals surface area contributed by atoms with Gasteiger partial charge in [0.1, 0.15) is 22.9 Å². The van der Waals surface area contributed by atoms with Crippen LogP contribution in [0.15, 0.2) is 24.3 Å². The zero-order valence-electron chi connectivity index (χ0n) is 11.1. The van der Waals surface area contributed by atoms with Crippen molar-refractivity contribution in [2.24, 2.45) is 5.73 Å². The maximum absolute atomic E-state index is 11.2. The molecule has 6 nitrogen and oxygen atoms in total. The molecule has 1 heterocycles. The fourth-order valence-corrected chi connectivity index (χ4v) is 2.44. The Labute approximate surface area is 120 Å². The summed E-state index contributed by atoms with van der Waals surface area (Å²) >= 11 is 1.11. The van der Waals surface area contributed by atoms with Gasteiger partial charge in [0, 0.05) is 6.54 Å². The zero-order chi connectivity index (χ0) is 14.5. The van der Waals surface area contributed by atoms with Gasteiger partial charge >= 0.3 is 0 Å². The van der Waals surface area contributed by atoms with Crippen molar-refractivity contribution in [2.75, 3.05) is 24.2 Å². The monoisotopic (exact) mass is 292 g/mol. The molecule has 0 radical (unpaired) electrons. The quantitative estimate of drug-likeness (QED) is 0.702. The fraction of sp³-hybridized carbons (Fsp3) is 0.231. The molecule has 1 amide bonds. The van der Waals surface area contributed by atoms with E-state index in [0.29, 0.717) is 18.2 Å². The van der Waals surface area contributed by atoms with Gasteiger partial charge in [-0.3, -0.25) is 4.79 Å². The first kappa shape index (κ1) is 14.1. The number of ether oxygens (including phenoxy) is 1. The van der Waals surface area contributed by atoms with E-state index in [1.807, 2.05) is 31.2 Å². The fourth-order valence-electron chi connectivity index (χ4n) is 1.70. The first-order chi connectivity index (χ1) is 9.58. The number of carbonyl (C=O) groups is 1. The number of carbonyl (C=O) groups excluding carboxylic acids is 1. The molecule has 2 rings (SSSR count). The number of nitrogens with zero attached hydrogens (tertiary/aromatic N) is 1. The number of hydrogen-bond donors (Lipinski definition) is 3. The number of nitrogens with one attached hydrogen (secondary N) is 1. The van der Waals surface area contributed by atoms with Crippen LogP contribution < -0.4 is 21.5 Å². The molecular weight excluding hydrogens is 276 g/mol. The average molecular weight is 292 g/mol. The molecule has 0 unspecified atom stereocenters. The van der Waals surface area contributed by atoms with E-state index in [9.17, 15) is 4.79 Å². The van der Waals surface area contributed by atoms with Crippen LogP contribution in [-0.2, 0) is 0 Å². The number of hydrogen-bond acceptors (Lipinski definition) is 6. The lowest BCUT2D eigenvalue weighted by Gasteiger charge is -2.08. The van der Waals surface area contributed by atoms with Crippen molar-refractivity contribution in [3.8, 4) is 5.75 Å². The minimum Gasteiger partial charge on any atom is -0.492 e. The maximum Gasteiger partial charge on any atom is 0.255 e. The summed E-state index contributed by atoms with van der Waals surface area (Å²) in [5.41, 5.74) is 12.2. The Bertz CT molecular complexity index is 612. The summed E-state index contributed by atoms with van der Waals surface area (Å²) in [6.07, 6.45) is 0.